The normalized spacial score (nSPS) is 12.3. The Labute approximate surface area is 121 Å². The Morgan fingerprint density at radius 3 is 2.85 bits per heavy atom. The number of rotatable bonds is 7. The summed E-state index contributed by atoms with van der Waals surface area (Å²) in [5.74, 6) is 0.896. The summed E-state index contributed by atoms with van der Waals surface area (Å²) >= 11 is 0. The lowest BCUT2D eigenvalue weighted by Crippen LogP contribution is -2.14. The van der Waals surface area contributed by atoms with Gasteiger partial charge < -0.3 is 9.88 Å². The number of aromatic nitrogens is 3. The van der Waals surface area contributed by atoms with Gasteiger partial charge in [-0.15, -0.1) is 10.2 Å². The first-order chi connectivity index (χ1) is 9.70. The van der Waals surface area contributed by atoms with E-state index >= 15 is 0 Å². The summed E-state index contributed by atoms with van der Waals surface area (Å²) in [5.41, 5.74) is 2.24. The summed E-state index contributed by atoms with van der Waals surface area (Å²) in [6, 6.07) is 8.87. The maximum absolute atomic E-state index is 4.15. The lowest BCUT2D eigenvalue weighted by atomic mass is 10.1. The smallest absolute Gasteiger partial charge is 0.163 e. The van der Waals surface area contributed by atoms with E-state index < -0.39 is 0 Å². The van der Waals surface area contributed by atoms with Gasteiger partial charge in [-0.05, 0) is 25.5 Å². The van der Waals surface area contributed by atoms with Gasteiger partial charge in [0, 0.05) is 24.3 Å². The summed E-state index contributed by atoms with van der Waals surface area (Å²) in [4.78, 5) is 0. The Hall–Kier alpha value is -1.84. The zero-order valence-electron chi connectivity index (χ0n) is 12.6. The molecule has 0 amide bonds. The first kappa shape index (κ1) is 14.6. The summed E-state index contributed by atoms with van der Waals surface area (Å²) in [7, 11) is 1.96. The highest BCUT2D eigenvalue weighted by Crippen LogP contribution is 2.21. The van der Waals surface area contributed by atoms with Crippen molar-refractivity contribution in [3.05, 3.63) is 30.6 Å². The zero-order chi connectivity index (χ0) is 14.4. The van der Waals surface area contributed by atoms with Crippen molar-refractivity contribution in [3.63, 3.8) is 0 Å². The Balaban J connectivity index is 2.01. The molecule has 0 aliphatic rings. The van der Waals surface area contributed by atoms with Crippen LogP contribution in [0.2, 0.25) is 0 Å². The molecule has 1 aromatic heterocycles. The lowest BCUT2D eigenvalue weighted by molar-refractivity contribution is 0.615. The van der Waals surface area contributed by atoms with Crippen LogP contribution in [-0.4, -0.2) is 20.8 Å². The third kappa shape index (κ3) is 3.83. The molecule has 1 aromatic carbocycles. The predicted octanol–water partition coefficient (Wildman–Crippen LogP) is 3.86. The van der Waals surface area contributed by atoms with Gasteiger partial charge in [-0.3, -0.25) is 0 Å². The molecule has 0 saturated carbocycles. The van der Waals surface area contributed by atoms with E-state index in [4.69, 9.17) is 0 Å². The van der Waals surface area contributed by atoms with Crippen LogP contribution in [0.1, 0.15) is 39.5 Å². The second kappa shape index (κ2) is 7.08. The Kier molecular flexibility index (Phi) is 5.16. The molecule has 1 unspecified atom stereocenters. The van der Waals surface area contributed by atoms with Gasteiger partial charge in [0.25, 0.3) is 0 Å². The van der Waals surface area contributed by atoms with Gasteiger partial charge >= 0.3 is 0 Å². The first-order valence-electron chi connectivity index (χ1n) is 7.41. The number of nitrogens with one attached hydrogen (secondary N) is 1. The topological polar surface area (TPSA) is 42.7 Å². The Bertz CT molecular complexity index is 533. The van der Waals surface area contributed by atoms with E-state index in [9.17, 15) is 0 Å². The molecule has 0 aliphatic carbocycles. The molecule has 2 rings (SSSR count). The summed E-state index contributed by atoms with van der Waals surface area (Å²) < 4.78 is 1.93. The molecule has 4 nitrogen and oxygen atoms in total. The average molecular weight is 272 g/mol. The minimum absolute atomic E-state index is 0.497. The molecule has 108 valence electrons. The van der Waals surface area contributed by atoms with E-state index in [0.29, 0.717) is 6.04 Å². The number of nitrogens with zero attached hydrogens (tertiary/aromatic N) is 3. The molecule has 1 heterocycles. The highest BCUT2D eigenvalue weighted by atomic mass is 15.2. The van der Waals surface area contributed by atoms with Crippen molar-refractivity contribution in [1.82, 2.24) is 14.8 Å². The predicted molar refractivity (Wildman–Crippen MR) is 83.7 cm³/mol. The van der Waals surface area contributed by atoms with Crippen LogP contribution in [-0.2, 0) is 7.05 Å². The van der Waals surface area contributed by atoms with Gasteiger partial charge in [-0.25, -0.2) is 0 Å². The Morgan fingerprint density at radius 1 is 1.30 bits per heavy atom. The van der Waals surface area contributed by atoms with Gasteiger partial charge in [0.2, 0.25) is 0 Å². The average Bonchev–Trinajstić information content (AvgIpc) is 2.85. The van der Waals surface area contributed by atoms with Crippen LogP contribution >= 0.6 is 0 Å². The van der Waals surface area contributed by atoms with Crippen molar-refractivity contribution in [1.29, 1.82) is 0 Å². The fourth-order valence-electron chi connectivity index (χ4n) is 2.35. The van der Waals surface area contributed by atoms with Gasteiger partial charge in [-0.1, -0.05) is 38.3 Å². The quantitative estimate of drug-likeness (QED) is 0.778. The Morgan fingerprint density at radius 2 is 2.15 bits per heavy atom. The summed E-state index contributed by atoms with van der Waals surface area (Å²) in [6.45, 7) is 4.48. The fraction of sp³-hybridized carbons (Fsp3) is 0.500. The molecule has 20 heavy (non-hydrogen) atoms. The van der Waals surface area contributed by atoms with E-state index in [0.717, 1.165) is 17.1 Å². The molecule has 1 N–H and O–H groups in total. The molecule has 1 atom stereocenters. The van der Waals surface area contributed by atoms with Crippen LogP contribution in [0.15, 0.2) is 30.6 Å². The van der Waals surface area contributed by atoms with Crippen LogP contribution in [0.4, 0.5) is 5.69 Å². The van der Waals surface area contributed by atoms with Crippen LogP contribution in [0.25, 0.3) is 11.4 Å². The monoisotopic (exact) mass is 272 g/mol. The second-order valence-corrected chi connectivity index (χ2v) is 5.39. The fourth-order valence-corrected chi connectivity index (χ4v) is 2.35. The molecule has 0 fully saturated rings. The van der Waals surface area contributed by atoms with Crippen LogP contribution in [0.3, 0.4) is 0 Å². The molecule has 0 saturated heterocycles. The zero-order valence-corrected chi connectivity index (χ0v) is 12.6. The number of hydrogen-bond acceptors (Lipinski definition) is 3. The summed E-state index contributed by atoms with van der Waals surface area (Å²) in [5, 5.41) is 11.6. The highest BCUT2D eigenvalue weighted by molar-refractivity contribution is 5.62. The maximum Gasteiger partial charge on any atom is 0.163 e. The van der Waals surface area contributed by atoms with Crippen LogP contribution < -0.4 is 5.32 Å². The van der Waals surface area contributed by atoms with Crippen molar-refractivity contribution in [2.45, 2.75) is 45.6 Å². The van der Waals surface area contributed by atoms with Gasteiger partial charge in [0.1, 0.15) is 6.33 Å². The molecule has 0 radical (unpaired) electrons. The van der Waals surface area contributed by atoms with Gasteiger partial charge in [0.15, 0.2) is 5.82 Å². The SMILES string of the molecule is CCCCCC(C)Nc1cccc(-c2nncn2C)c1. The van der Waals surface area contributed by atoms with Crippen molar-refractivity contribution < 1.29 is 0 Å². The number of benzene rings is 1. The second-order valence-electron chi connectivity index (χ2n) is 5.39. The van der Waals surface area contributed by atoms with E-state index in [1.165, 1.54) is 25.7 Å². The van der Waals surface area contributed by atoms with Crippen LogP contribution in [0.5, 0.6) is 0 Å². The minimum Gasteiger partial charge on any atom is -0.383 e. The van der Waals surface area contributed by atoms with Gasteiger partial charge in [-0.2, -0.15) is 0 Å². The minimum atomic E-state index is 0.497. The largest absolute Gasteiger partial charge is 0.383 e. The number of unbranched alkanes of at least 4 members (excludes halogenated alkanes) is 2. The number of anilines is 1. The van der Waals surface area contributed by atoms with Gasteiger partial charge in [0.05, 0.1) is 0 Å². The molecule has 0 spiro atoms. The standard InChI is InChI=1S/C16H24N4/c1-4-5-6-8-13(2)18-15-10-7-9-14(11-15)16-19-17-12-20(16)3/h7,9-13,18H,4-6,8H2,1-3H3. The van der Waals surface area contributed by atoms with Crippen molar-refractivity contribution in [3.8, 4) is 11.4 Å². The van der Waals surface area contributed by atoms with E-state index in [2.05, 4.69) is 53.6 Å². The third-order valence-corrected chi connectivity index (χ3v) is 3.49. The lowest BCUT2D eigenvalue weighted by Gasteiger charge is -2.15. The van der Waals surface area contributed by atoms with Crippen LogP contribution in [0, 0.1) is 0 Å². The molecule has 0 bridgehead atoms. The molecule has 4 heteroatoms. The molecular formula is C16H24N4. The maximum atomic E-state index is 4.15. The molecule has 0 aliphatic heterocycles. The van der Waals surface area contributed by atoms with Crippen molar-refractivity contribution in [2.24, 2.45) is 7.05 Å². The third-order valence-electron chi connectivity index (χ3n) is 3.49. The van der Waals surface area contributed by atoms with E-state index in [1.54, 1.807) is 6.33 Å². The van der Waals surface area contributed by atoms with Crippen molar-refractivity contribution >= 4 is 5.69 Å². The van der Waals surface area contributed by atoms with E-state index in [-0.39, 0.29) is 0 Å². The molecular weight excluding hydrogens is 248 g/mol. The number of hydrogen-bond donors (Lipinski definition) is 1. The number of aryl methyl sites for hydroxylation is 1. The summed E-state index contributed by atoms with van der Waals surface area (Å²) in [6.07, 6.45) is 6.80. The first-order valence-corrected chi connectivity index (χ1v) is 7.41. The van der Waals surface area contributed by atoms with E-state index in [1.807, 2.05) is 11.6 Å². The molecule has 2 aromatic rings. The van der Waals surface area contributed by atoms with Crippen molar-refractivity contribution in [2.75, 3.05) is 5.32 Å². The highest BCUT2D eigenvalue weighted by Gasteiger charge is 2.06.